The van der Waals surface area contributed by atoms with Crippen LogP contribution in [-0.4, -0.2) is 38.6 Å². The van der Waals surface area contributed by atoms with Crippen molar-refractivity contribution in [3.05, 3.63) is 40.6 Å². The standard InChI is InChI=1S/C14H17N3O2S/c18-14(19)13-2-1-5-17(13)11-3-6-16(7-4-11)9-12-8-15-10-20-12/h1-2,5,8,10-11H,3-4,6-7,9H2,(H,18,19). The van der Waals surface area contributed by atoms with Crippen LogP contribution in [-0.2, 0) is 6.54 Å². The van der Waals surface area contributed by atoms with E-state index in [-0.39, 0.29) is 0 Å². The van der Waals surface area contributed by atoms with Gasteiger partial charge in [-0.1, -0.05) is 0 Å². The molecule has 2 aromatic heterocycles. The molecule has 1 N–H and O–H groups in total. The lowest BCUT2D eigenvalue weighted by atomic mass is 10.0. The first-order chi connectivity index (χ1) is 9.74. The normalized spacial score (nSPS) is 17.4. The molecule has 0 bridgehead atoms. The van der Waals surface area contributed by atoms with Crippen LogP contribution in [0.5, 0.6) is 0 Å². The molecule has 1 aliphatic heterocycles. The average Bonchev–Trinajstić information content (AvgIpc) is 3.10. The third-order valence-corrected chi connectivity index (χ3v) is 4.58. The first kappa shape index (κ1) is 13.3. The Labute approximate surface area is 121 Å². The largest absolute Gasteiger partial charge is 0.477 e. The van der Waals surface area contributed by atoms with Crippen molar-refractivity contribution in [3.63, 3.8) is 0 Å². The molecule has 6 heteroatoms. The Balaban J connectivity index is 1.61. The van der Waals surface area contributed by atoms with E-state index in [1.807, 2.05) is 28.5 Å². The van der Waals surface area contributed by atoms with Crippen molar-refractivity contribution in [1.29, 1.82) is 0 Å². The highest BCUT2D eigenvalue weighted by atomic mass is 32.1. The summed E-state index contributed by atoms with van der Waals surface area (Å²) in [7, 11) is 0. The van der Waals surface area contributed by atoms with E-state index >= 15 is 0 Å². The van der Waals surface area contributed by atoms with Crippen LogP contribution in [0.2, 0.25) is 0 Å². The second-order valence-electron chi connectivity index (χ2n) is 5.08. The van der Waals surface area contributed by atoms with Crippen LogP contribution in [0.4, 0.5) is 0 Å². The summed E-state index contributed by atoms with van der Waals surface area (Å²) in [5.41, 5.74) is 2.26. The van der Waals surface area contributed by atoms with E-state index in [4.69, 9.17) is 0 Å². The molecule has 3 heterocycles. The lowest BCUT2D eigenvalue weighted by Gasteiger charge is -2.32. The molecular formula is C14H17N3O2S. The molecular weight excluding hydrogens is 274 g/mol. The maximum Gasteiger partial charge on any atom is 0.352 e. The Morgan fingerprint density at radius 1 is 1.45 bits per heavy atom. The van der Waals surface area contributed by atoms with Crippen molar-refractivity contribution in [2.75, 3.05) is 13.1 Å². The van der Waals surface area contributed by atoms with Gasteiger partial charge in [0.05, 0.1) is 5.51 Å². The van der Waals surface area contributed by atoms with Crippen LogP contribution in [0, 0.1) is 0 Å². The Morgan fingerprint density at radius 3 is 2.90 bits per heavy atom. The van der Waals surface area contributed by atoms with Gasteiger partial charge < -0.3 is 9.67 Å². The molecule has 2 aromatic rings. The van der Waals surface area contributed by atoms with Gasteiger partial charge in [-0.3, -0.25) is 9.88 Å². The van der Waals surface area contributed by atoms with Crippen LogP contribution >= 0.6 is 11.3 Å². The first-order valence-electron chi connectivity index (χ1n) is 6.74. The number of piperidine rings is 1. The number of aromatic carboxylic acids is 1. The topological polar surface area (TPSA) is 58.4 Å². The second kappa shape index (κ2) is 5.76. The summed E-state index contributed by atoms with van der Waals surface area (Å²) >= 11 is 1.69. The van der Waals surface area contributed by atoms with Gasteiger partial charge in [0.25, 0.3) is 0 Å². The minimum Gasteiger partial charge on any atom is -0.477 e. The second-order valence-corrected chi connectivity index (χ2v) is 6.05. The van der Waals surface area contributed by atoms with Crippen LogP contribution in [0.1, 0.15) is 34.2 Å². The minimum atomic E-state index is -0.845. The maximum absolute atomic E-state index is 11.2. The molecule has 1 saturated heterocycles. The highest BCUT2D eigenvalue weighted by molar-refractivity contribution is 7.09. The van der Waals surface area contributed by atoms with Gasteiger partial charge in [-0.2, -0.15) is 0 Å². The number of hydrogen-bond donors (Lipinski definition) is 1. The van der Waals surface area contributed by atoms with Crippen molar-refractivity contribution in [2.24, 2.45) is 0 Å². The Hall–Kier alpha value is -1.66. The van der Waals surface area contributed by atoms with E-state index < -0.39 is 5.97 Å². The molecule has 20 heavy (non-hydrogen) atoms. The Morgan fingerprint density at radius 2 is 2.25 bits per heavy atom. The summed E-state index contributed by atoms with van der Waals surface area (Å²) in [5.74, 6) is -0.845. The lowest BCUT2D eigenvalue weighted by molar-refractivity contribution is 0.0678. The quantitative estimate of drug-likeness (QED) is 0.940. The van der Waals surface area contributed by atoms with Crippen LogP contribution in [0.15, 0.2) is 30.0 Å². The van der Waals surface area contributed by atoms with Crippen molar-refractivity contribution >= 4 is 17.3 Å². The zero-order valence-corrected chi connectivity index (χ0v) is 11.9. The predicted molar refractivity (Wildman–Crippen MR) is 77.1 cm³/mol. The Bertz CT molecular complexity index is 571. The van der Waals surface area contributed by atoms with Crippen molar-refractivity contribution in [2.45, 2.75) is 25.4 Å². The smallest absolute Gasteiger partial charge is 0.352 e. The fourth-order valence-corrected chi connectivity index (χ4v) is 3.43. The first-order valence-corrected chi connectivity index (χ1v) is 7.62. The lowest BCUT2D eigenvalue weighted by Crippen LogP contribution is -2.34. The third-order valence-electron chi connectivity index (χ3n) is 3.81. The number of nitrogens with zero attached hydrogens (tertiary/aromatic N) is 3. The summed E-state index contributed by atoms with van der Waals surface area (Å²) in [5, 5.41) is 9.17. The molecule has 0 unspecified atom stereocenters. The number of thiazole rings is 1. The molecule has 3 rings (SSSR count). The molecule has 0 aliphatic carbocycles. The molecule has 0 radical (unpaired) electrons. The molecule has 106 valence electrons. The predicted octanol–water partition coefficient (Wildman–Crippen LogP) is 2.48. The molecule has 0 spiro atoms. The zero-order chi connectivity index (χ0) is 13.9. The van der Waals surface area contributed by atoms with Gasteiger partial charge in [-0.15, -0.1) is 11.3 Å². The number of carbonyl (C=O) groups is 1. The van der Waals surface area contributed by atoms with Crippen LogP contribution in [0.25, 0.3) is 0 Å². The van der Waals surface area contributed by atoms with Gasteiger partial charge in [0, 0.05) is 42.9 Å². The van der Waals surface area contributed by atoms with Gasteiger partial charge in [0.15, 0.2) is 0 Å². The van der Waals surface area contributed by atoms with Gasteiger partial charge in [0.1, 0.15) is 5.69 Å². The third kappa shape index (κ3) is 2.76. The Kier molecular flexibility index (Phi) is 3.84. The van der Waals surface area contributed by atoms with Crippen molar-refractivity contribution < 1.29 is 9.90 Å². The summed E-state index contributed by atoms with van der Waals surface area (Å²) in [6, 6.07) is 3.79. The average molecular weight is 291 g/mol. The number of rotatable bonds is 4. The van der Waals surface area contributed by atoms with Gasteiger partial charge in [0.2, 0.25) is 0 Å². The number of likely N-dealkylation sites (tertiary alicyclic amines) is 1. The minimum absolute atomic E-state index is 0.300. The fraction of sp³-hybridized carbons (Fsp3) is 0.429. The number of hydrogen-bond acceptors (Lipinski definition) is 4. The monoisotopic (exact) mass is 291 g/mol. The number of aromatic nitrogens is 2. The molecule has 0 aromatic carbocycles. The summed E-state index contributed by atoms with van der Waals surface area (Å²) in [6.07, 6.45) is 5.79. The van der Waals surface area contributed by atoms with E-state index in [0.717, 1.165) is 32.5 Å². The van der Waals surface area contributed by atoms with Crippen LogP contribution < -0.4 is 0 Å². The molecule has 1 fully saturated rings. The van der Waals surface area contributed by atoms with E-state index in [1.165, 1.54) is 4.88 Å². The van der Waals surface area contributed by atoms with Crippen molar-refractivity contribution in [1.82, 2.24) is 14.5 Å². The maximum atomic E-state index is 11.2. The highest BCUT2D eigenvalue weighted by Gasteiger charge is 2.23. The summed E-state index contributed by atoms with van der Waals surface area (Å²) in [4.78, 5) is 19.0. The van der Waals surface area contributed by atoms with Crippen LogP contribution in [0.3, 0.4) is 0 Å². The summed E-state index contributed by atoms with van der Waals surface area (Å²) in [6.45, 7) is 2.95. The van der Waals surface area contributed by atoms with Gasteiger partial charge in [-0.05, 0) is 25.0 Å². The molecule has 1 aliphatic rings. The molecule has 0 saturated carbocycles. The van der Waals surface area contributed by atoms with Crippen molar-refractivity contribution in [3.8, 4) is 0 Å². The molecule has 0 atom stereocenters. The van der Waals surface area contributed by atoms with E-state index in [1.54, 1.807) is 17.4 Å². The SMILES string of the molecule is O=C(O)c1cccn1C1CCN(Cc2cncs2)CC1. The van der Waals surface area contributed by atoms with Gasteiger partial charge in [-0.25, -0.2) is 4.79 Å². The summed E-state index contributed by atoms with van der Waals surface area (Å²) < 4.78 is 1.91. The molecule has 0 amide bonds. The van der Waals surface area contributed by atoms with Gasteiger partial charge >= 0.3 is 5.97 Å². The van der Waals surface area contributed by atoms with E-state index in [9.17, 15) is 9.90 Å². The highest BCUT2D eigenvalue weighted by Crippen LogP contribution is 2.25. The number of carboxylic acid groups (broad SMARTS) is 1. The molecule has 5 nitrogen and oxygen atoms in total. The zero-order valence-electron chi connectivity index (χ0n) is 11.1. The van der Waals surface area contributed by atoms with E-state index in [0.29, 0.717) is 11.7 Å². The van der Waals surface area contributed by atoms with E-state index in [2.05, 4.69) is 9.88 Å². The fourth-order valence-electron chi connectivity index (χ4n) is 2.79. The number of carboxylic acids is 1.